The molecule has 3 nitrogen and oxygen atoms in total. The molecular formula is C12H26N2O. The van der Waals surface area contributed by atoms with E-state index in [1.807, 2.05) is 7.11 Å². The highest BCUT2D eigenvalue weighted by atomic mass is 16.5. The van der Waals surface area contributed by atoms with E-state index in [0.717, 1.165) is 13.1 Å². The molecule has 0 aromatic heterocycles. The molecule has 3 atom stereocenters. The van der Waals surface area contributed by atoms with Gasteiger partial charge in [-0.05, 0) is 26.3 Å². The van der Waals surface area contributed by atoms with Crippen LogP contribution < -0.4 is 5.32 Å². The summed E-state index contributed by atoms with van der Waals surface area (Å²) in [4.78, 5) is 2.55. The van der Waals surface area contributed by atoms with E-state index in [1.54, 1.807) is 0 Å². The van der Waals surface area contributed by atoms with Crippen LogP contribution in [0.1, 0.15) is 33.6 Å². The van der Waals surface area contributed by atoms with Crippen LogP contribution in [0.4, 0.5) is 0 Å². The summed E-state index contributed by atoms with van der Waals surface area (Å²) in [5, 5.41) is 3.56. The van der Waals surface area contributed by atoms with E-state index in [0.29, 0.717) is 18.2 Å². The summed E-state index contributed by atoms with van der Waals surface area (Å²) in [5.41, 5.74) is 0. The predicted octanol–water partition coefficient (Wildman–Crippen LogP) is 1.48. The van der Waals surface area contributed by atoms with Crippen LogP contribution in [0.3, 0.4) is 0 Å². The maximum atomic E-state index is 5.40. The summed E-state index contributed by atoms with van der Waals surface area (Å²) >= 11 is 0. The van der Waals surface area contributed by atoms with Crippen molar-refractivity contribution < 1.29 is 4.74 Å². The molecule has 90 valence electrons. The molecule has 1 fully saturated rings. The number of nitrogens with one attached hydrogen (secondary N) is 1. The van der Waals surface area contributed by atoms with Gasteiger partial charge in [0.05, 0.1) is 6.10 Å². The molecule has 0 aromatic rings. The molecule has 1 heterocycles. The fourth-order valence-electron chi connectivity index (χ4n) is 2.49. The molecule has 1 saturated heterocycles. The van der Waals surface area contributed by atoms with Crippen LogP contribution in [0.2, 0.25) is 0 Å². The van der Waals surface area contributed by atoms with Gasteiger partial charge in [-0.1, -0.05) is 13.8 Å². The summed E-state index contributed by atoms with van der Waals surface area (Å²) in [7, 11) is 1.82. The van der Waals surface area contributed by atoms with Gasteiger partial charge < -0.3 is 10.1 Å². The van der Waals surface area contributed by atoms with Crippen LogP contribution in [-0.4, -0.2) is 49.8 Å². The van der Waals surface area contributed by atoms with Crippen molar-refractivity contribution in [1.29, 1.82) is 0 Å². The van der Waals surface area contributed by atoms with Gasteiger partial charge in [-0.2, -0.15) is 0 Å². The van der Waals surface area contributed by atoms with Crippen molar-refractivity contribution >= 4 is 0 Å². The molecule has 0 aliphatic carbocycles. The number of nitrogens with zero attached hydrogens (tertiary/aromatic N) is 1. The Hall–Kier alpha value is -0.120. The van der Waals surface area contributed by atoms with Crippen molar-refractivity contribution in [2.45, 2.75) is 51.8 Å². The number of likely N-dealkylation sites (N-methyl/N-ethyl adjacent to an activating group) is 1. The molecule has 15 heavy (non-hydrogen) atoms. The zero-order valence-corrected chi connectivity index (χ0v) is 10.6. The van der Waals surface area contributed by atoms with E-state index in [9.17, 15) is 0 Å². The first-order chi connectivity index (χ1) is 7.22. The topological polar surface area (TPSA) is 24.5 Å². The number of ether oxygens (including phenoxy) is 1. The number of rotatable bonds is 6. The van der Waals surface area contributed by atoms with E-state index < -0.39 is 0 Å². The molecule has 1 rings (SSSR count). The summed E-state index contributed by atoms with van der Waals surface area (Å²) in [6, 6.07) is 1.24. The predicted molar refractivity (Wildman–Crippen MR) is 64.2 cm³/mol. The third-order valence-corrected chi connectivity index (χ3v) is 3.57. The molecule has 1 aliphatic heterocycles. The highest BCUT2D eigenvalue weighted by Crippen LogP contribution is 2.17. The Morgan fingerprint density at radius 2 is 2.20 bits per heavy atom. The largest absolute Gasteiger partial charge is 0.380 e. The lowest BCUT2D eigenvalue weighted by Gasteiger charge is -2.31. The number of likely N-dealkylation sites (tertiary alicyclic amines) is 1. The number of hydrogen-bond donors (Lipinski definition) is 1. The fourth-order valence-corrected chi connectivity index (χ4v) is 2.49. The zero-order chi connectivity index (χ0) is 11.3. The standard InChI is InChI=1S/C12H26N2O/c1-5-12(13-6-2)10(3)14-8-7-11(9-14)15-4/h10-13H,5-9H2,1-4H3. The molecule has 0 radical (unpaired) electrons. The molecule has 1 aliphatic rings. The van der Waals surface area contributed by atoms with Crippen molar-refractivity contribution in [2.75, 3.05) is 26.7 Å². The Bertz CT molecular complexity index is 175. The first-order valence-corrected chi connectivity index (χ1v) is 6.23. The second kappa shape index (κ2) is 6.46. The monoisotopic (exact) mass is 214 g/mol. The van der Waals surface area contributed by atoms with Gasteiger partial charge in [-0.15, -0.1) is 0 Å². The summed E-state index contributed by atoms with van der Waals surface area (Å²) in [6.07, 6.45) is 2.83. The molecule has 0 bridgehead atoms. The maximum absolute atomic E-state index is 5.40. The van der Waals surface area contributed by atoms with Crippen molar-refractivity contribution in [1.82, 2.24) is 10.2 Å². The second-order valence-corrected chi connectivity index (χ2v) is 4.45. The van der Waals surface area contributed by atoms with Gasteiger partial charge in [-0.25, -0.2) is 0 Å². The van der Waals surface area contributed by atoms with Gasteiger partial charge in [0.2, 0.25) is 0 Å². The van der Waals surface area contributed by atoms with Crippen molar-refractivity contribution in [3.05, 3.63) is 0 Å². The molecule has 0 aromatic carbocycles. The lowest BCUT2D eigenvalue weighted by molar-refractivity contribution is 0.0975. The Morgan fingerprint density at radius 3 is 2.67 bits per heavy atom. The minimum absolute atomic E-state index is 0.451. The number of hydrogen-bond acceptors (Lipinski definition) is 3. The van der Waals surface area contributed by atoms with Crippen LogP contribution in [0.5, 0.6) is 0 Å². The Labute approximate surface area is 94.2 Å². The fraction of sp³-hybridized carbons (Fsp3) is 1.00. The molecule has 0 saturated carbocycles. The van der Waals surface area contributed by atoms with Crippen molar-refractivity contribution in [3.8, 4) is 0 Å². The van der Waals surface area contributed by atoms with E-state index in [2.05, 4.69) is 31.0 Å². The number of methoxy groups -OCH3 is 1. The third kappa shape index (κ3) is 3.44. The second-order valence-electron chi connectivity index (χ2n) is 4.45. The highest BCUT2D eigenvalue weighted by molar-refractivity contribution is 4.86. The van der Waals surface area contributed by atoms with Crippen LogP contribution in [-0.2, 0) is 4.74 Å². The van der Waals surface area contributed by atoms with E-state index in [4.69, 9.17) is 4.74 Å². The van der Waals surface area contributed by atoms with Gasteiger partial charge in [0, 0.05) is 32.3 Å². The summed E-state index contributed by atoms with van der Waals surface area (Å²) < 4.78 is 5.40. The van der Waals surface area contributed by atoms with Crippen molar-refractivity contribution in [3.63, 3.8) is 0 Å². The van der Waals surface area contributed by atoms with Gasteiger partial charge in [-0.3, -0.25) is 4.90 Å². The highest BCUT2D eigenvalue weighted by Gasteiger charge is 2.29. The van der Waals surface area contributed by atoms with Gasteiger partial charge in [0.15, 0.2) is 0 Å². The van der Waals surface area contributed by atoms with Gasteiger partial charge in [0.1, 0.15) is 0 Å². The first-order valence-electron chi connectivity index (χ1n) is 6.23. The quantitative estimate of drug-likeness (QED) is 0.725. The van der Waals surface area contributed by atoms with E-state index >= 15 is 0 Å². The first kappa shape index (κ1) is 12.9. The van der Waals surface area contributed by atoms with Crippen molar-refractivity contribution in [2.24, 2.45) is 0 Å². The van der Waals surface area contributed by atoms with Crippen LogP contribution in [0.15, 0.2) is 0 Å². The Kier molecular flexibility index (Phi) is 5.58. The molecule has 3 heteroatoms. The smallest absolute Gasteiger partial charge is 0.0710 e. The minimum Gasteiger partial charge on any atom is -0.380 e. The minimum atomic E-state index is 0.451. The normalized spacial score (nSPS) is 26.8. The molecule has 0 spiro atoms. The Balaban J connectivity index is 2.41. The lowest BCUT2D eigenvalue weighted by Crippen LogP contribution is -2.47. The average Bonchev–Trinajstić information content (AvgIpc) is 2.73. The molecular weight excluding hydrogens is 188 g/mol. The molecule has 3 unspecified atom stereocenters. The van der Waals surface area contributed by atoms with E-state index in [1.165, 1.54) is 19.4 Å². The summed E-state index contributed by atoms with van der Waals surface area (Å²) in [5.74, 6) is 0. The average molecular weight is 214 g/mol. The SMILES string of the molecule is CCNC(CC)C(C)N1CCC(OC)C1. The third-order valence-electron chi connectivity index (χ3n) is 3.57. The zero-order valence-electron chi connectivity index (χ0n) is 10.6. The molecule has 1 N–H and O–H groups in total. The van der Waals surface area contributed by atoms with Crippen LogP contribution in [0.25, 0.3) is 0 Å². The molecule has 0 amide bonds. The van der Waals surface area contributed by atoms with Crippen LogP contribution >= 0.6 is 0 Å². The van der Waals surface area contributed by atoms with Gasteiger partial charge >= 0.3 is 0 Å². The van der Waals surface area contributed by atoms with E-state index in [-0.39, 0.29) is 0 Å². The lowest BCUT2D eigenvalue weighted by atomic mass is 10.1. The maximum Gasteiger partial charge on any atom is 0.0710 e. The van der Waals surface area contributed by atoms with Crippen LogP contribution in [0, 0.1) is 0 Å². The van der Waals surface area contributed by atoms with Gasteiger partial charge in [0.25, 0.3) is 0 Å². The Morgan fingerprint density at radius 1 is 1.47 bits per heavy atom. The summed E-state index contributed by atoms with van der Waals surface area (Å²) in [6.45, 7) is 10.1.